The first kappa shape index (κ1) is 13.1. The van der Waals surface area contributed by atoms with Crippen molar-refractivity contribution in [2.45, 2.75) is 31.3 Å². The summed E-state index contributed by atoms with van der Waals surface area (Å²) in [5.41, 5.74) is 0.797. The molecule has 2 heterocycles. The molecule has 5 nitrogen and oxygen atoms in total. The van der Waals surface area contributed by atoms with Crippen molar-refractivity contribution in [1.82, 2.24) is 10.2 Å². The van der Waals surface area contributed by atoms with Crippen LogP contribution in [-0.4, -0.2) is 41.9 Å². The van der Waals surface area contributed by atoms with E-state index in [2.05, 4.69) is 10.6 Å². The van der Waals surface area contributed by atoms with E-state index in [0.717, 1.165) is 18.7 Å². The van der Waals surface area contributed by atoms with Crippen LogP contribution in [0.5, 0.6) is 0 Å². The van der Waals surface area contributed by atoms with Gasteiger partial charge in [0.1, 0.15) is 0 Å². The highest BCUT2D eigenvalue weighted by Gasteiger charge is 2.41. The van der Waals surface area contributed by atoms with E-state index in [9.17, 15) is 9.59 Å². The van der Waals surface area contributed by atoms with E-state index in [-0.39, 0.29) is 17.9 Å². The topological polar surface area (TPSA) is 61.4 Å². The normalized spacial score (nSPS) is 24.8. The van der Waals surface area contributed by atoms with Crippen LogP contribution in [0.2, 0.25) is 0 Å². The quantitative estimate of drug-likeness (QED) is 0.859. The van der Waals surface area contributed by atoms with Gasteiger partial charge in [-0.1, -0.05) is 18.2 Å². The Bertz CT molecular complexity index is 503. The largest absolute Gasteiger partial charge is 0.338 e. The van der Waals surface area contributed by atoms with E-state index >= 15 is 0 Å². The van der Waals surface area contributed by atoms with E-state index in [1.165, 1.54) is 0 Å². The lowest BCUT2D eigenvalue weighted by Gasteiger charge is -2.23. The number of amides is 2. The van der Waals surface area contributed by atoms with Crippen LogP contribution in [0, 0.1) is 0 Å². The maximum absolute atomic E-state index is 11.9. The number of benzene rings is 1. The first-order valence-corrected chi connectivity index (χ1v) is 7.12. The van der Waals surface area contributed by atoms with Crippen molar-refractivity contribution in [3.05, 3.63) is 30.3 Å². The molecule has 0 bridgehead atoms. The lowest BCUT2D eigenvalue weighted by atomic mass is 10.1. The zero-order valence-electron chi connectivity index (χ0n) is 11.3. The summed E-state index contributed by atoms with van der Waals surface area (Å²) >= 11 is 0. The van der Waals surface area contributed by atoms with Crippen molar-refractivity contribution < 1.29 is 9.59 Å². The summed E-state index contributed by atoms with van der Waals surface area (Å²) in [4.78, 5) is 25.7. The number of para-hydroxylation sites is 1. The highest BCUT2D eigenvalue weighted by molar-refractivity contribution is 5.91. The van der Waals surface area contributed by atoms with Gasteiger partial charge in [-0.15, -0.1) is 0 Å². The molecule has 20 heavy (non-hydrogen) atoms. The molecule has 1 aromatic carbocycles. The van der Waals surface area contributed by atoms with Crippen LogP contribution >= 0.6 is 0 Å². The van der Waals surface area contributed by atoms with Crippen molar-refractivity contribution in [2.75, 3.05) is 18.4 Å². The number of anilines is 1. The summed E-state index contributed by atoms with van der Waals surface area (Å²) in [6.45, 7) is 1.48. The van der Waals surface area contributed by atoms with Crippen molar-refractivity contribution in [2.24, 2.45) is 0 Å². The summed E-state index contributed by atoms with van der Waals surface area (Å²) in [5.74, 6) is 0.123. The van der Waals surface area contributed by atoms with Crippen molar-refractivity contribution in [1.29, 1.82) is 0 Å². The lowest BCUT2D eigenvalue weighted by molar-refractivity contribution is -0.129. The van der Waals surface area contributed by atoms with Gasteiger partial charge in [0.15, 0.2) is 0 Å². The number of carbonyl (C=O) groups excluding carboxylic acids is 2. The molecule has 2 aliphatic heterocycles. The molecule has 3 rings (SSSR count). The standard InChI is InChI=1S/C15H19N3O2/c19-14(17-11-4-2-1-3-5-11)7-9-18-13-6-8-16-12(13)10-15(18)20/h1-5,12-13,16H,6-10H2,(H,17,19)/t12-,13-/m1/s1. The molecule has 0 saturated carbocycles. The third-order valence-electron chi connectivity index (χ3n) is 4.06. The number of rotatable bonds is 4. The molecular weight excluding hydrogens is 254 g/mol. The highest BCUT2D eigenvalue weighted by atomic mass is 16.2. The Morgan fingerprint density at radius 2 is 2.15 bits per heavy atom. The molecule has 2 atom stereocenters. The predicted octanol–water partition coefficient (Wildman–Crippen LogP) is 0.978. The molecule has 2 saturated heterocycles. The molecule has 0 radical (unpaired) electrons. The van der Waals surface area contributed by atoms with Gasteiger partial charge in [-0.25, -0.2) is 0 Å². The molecule has 2 N–H and O–H groups in total. The summed E-state index contributed by atoms with van der Waals surface area (Å²) in [6.07, 6.45) is 1.92. The third-order valence-corrected chi connectivity index (χ3v) is 4.06. The molecule has 2 fully saturated rings. The number of hydrogen-bond acceptors (Lipinski definition) is 3. The summed E-state index contributed by atoms with van der Waals surface area (Å²) < 4.78 is 0. The number of nitrogens with one attached hydrogen (secondary N) is 2. The fraction of sp³-hybridized carbons (Fsp3) is 0.467. The molecule has 0 aromatic heterocycles. The maximum Gasteiger partial charge on any atom is 0.226 e. The van der Waals surface area contributed by atoms with E-state index in [1.807, 2.05) is 35.2 Å². The van der Waals surface area contributed by atoms with Crippen LogP contribution in [0.3, 0.4) is 0 Å². The molecule has 2 amide bonds. The van der Waals surface area contributed by atoms with Gasteiger partial charge in [0.25, 0.3) is 0 Å². The molecule has 0 spiro atoms. The number of hydrogen-bond donors (Lipinski definition) is 2. The Kier molecular flexibility index (Phi) is 3.69. The minimum atomic E-state index is -0.0431. The van der Waals surface area contributed by atoms with Gasteiger partial charge in [-0.3, -0.25) is 9.59 Å². The SMILES string of the molecule is O=C(CCN1C(=O)C[C@H]2NCC[C@H]21)Nc1ccccc1. The molecule has 5 heteroatoms. The fourth-order valence-electron chi connectivity index (χ4n) is 3.08. The predicted molar refractivity (Wildman–Crippen MR) is 76.2 cm³/mol. The fourth-order valence-corrected chi connectivity index (χ4v) is 3.08. The van der Waals surface area contributed by atoms with Crippen LogP contribution < -0.4 is 10.6 Å². The van der Waals surface area contributed by atoms with E-state index < -0.39 is 0 Å². The Balaban J connectivity index is 1.51. The van der Waals surface area contributed by atoms with Gasteiger partial charge >= 0.3 is 0 Å². The smallest absolute Gasteiger partial charge is 0.226 e. The average Bonchev–Trinajstić information content (AvgIpc) is 2.98. The van der Waals surface area contributed by atoms with Crippen molar-refractivity contribution in [3.63, 3.8) is 0 Å². The van der Waals surface area contributed by atoms with Gasteiger partial charge in [0, 0.05) is 37.2 Å². The first-order chi connectivity index (χ1) is 9.74. The zero-order valence-corrected chi connectivity index (χ0v) is 11.3. The maximum atomic E-state index is 11.9. The second kappa shape index (κ2) is 5.63. The molecule has 0 unspecified atom stereocenters. The van der Waals surface area contributed by atoms with Crippen LogP contribution in [0.25, 0.3) is 0 Å². The van der Waals surface area contributed by atoms with Gasteiger partial charge in [-0.2, -0.15) is 0 Å². The Hall–Kier alpha value is -1.88. The Morgan fingerprint density at radius 3 is 2.95 bits per heavy atom. The van der Waals surface area contributed by atoms with Crippen LogP contribution in [-0.2, 0) is 9.59 Å². The number of carbonyl (C=O) groups is 2. The second-order valence-corrected chi connectivity index (χ2v) is 5.37. The van der Waals surface area contributed by atoms with Crippen LogP contribution in [0.15, 0.2) is 30.3 Å². The third kappa shape index (κ3) is 2.67. The Labute approximate surface area is 118 Å². The number of nitrogens with zero attached hydrogens (tertiary/aromatic N) is 1. The molecule has 0 aliphatic carbocycles. The highest BCUT2D eigenvalue weighted by Crippen LogP contribution is 2.26. The molecule has 106 valence electrons. The van der Waals surface area contributed by atoms with E-state index in [0.29, 0.717) is 25.4 Å². The minimum Gasteiger partial charge on any atom is -0.338 e. The van der Waals surface area contributed by atoms with Gasteiger partial charge < -0.3 is 15.5 Å². The first-order valence-electron chi connectivity index (χ1n) is 7.12. The van der Waals surface area contributed by atoms with Crippen LogP contribution in [0.1, 0.15) is 19.3 Å². The monoisotopic (exact) mass is 273 g/mol. The van der Waals surface area contributed by atoms with Crippen molar-refractivity contribution in [3.8, 4) is 0 Å². The summed E-state index contributed by atoms with van der Waals surface area (Å²) in [6, 6.07) is 9.96. The van der Waals surface area contributed by atoms with Crippen LogP contribution in [0.4, 0.5) is 5.69 Å². The van der Waals surface area contributed by atoms with Gasteiger partial charge in [0.05, 0.1) is 0 Å². The summed E-state index contributed by atoms with van der Waals surface area (Å²) in [7, 11) is 0. The van der Waals surface area contributed by atoms with Crippen molar-refractivity contribution >= 4 is 17.5 Å². The minimum absolute atomic E-state index is 0.0431. The van der Waals surface area contributed by atoms with Gasteiger partial charge in [-0.05, 0) is 25.1 Å². The zero-order chi connectivity index (χ0) is 13.9. The summed E-state index contributed by atoms with van der Waals surface area (Å²) in [5, 5.41) is 6.19. The lowest BCUT2D eigenvalue weighted by Crippen LogP contribution is -2.37. The number of fused-ring (bicyclic) bond motifs is 1. The second-order valence-electron chi connectivity index (χ2n) is 5.37. The van der Waals surface area contributed by atoms with Gasteiger partial charge in [0.2, 0.25) is 11.8 Å². The van der Waals surface area contributed by atoms with E-state index in [4.69, 9.17) is 0 Å². The number of likely N-dealkylation sites (tertiary alicyclic amines) is 1. The van der Waals surface area contributed by atoms with E-state index in [1.54, 1.807) is 0 Å². The molecular formula is C15H19N3O2. The molecule has 1 aromatic rings. The Morgan fingerprint density at radius 1 is 1.35 bits per heavy atom. The average molecular weight is 273 g/mol. The molecule has 2 aliphatic rings.